The fourth-order valence-electron chi connectivity index (χ4n) is 2.19. The third kappa shape index (κ3) is 4.43. The van der Waals surface area contributed by atoms with Gasteiger partial charge in [-0.15, -0.1) is 5.10 Å². The molecule has 0 amide bonds. The van der Waals surface area contributed by atoms with Crippen LogP contribution in [0.25, 0.3) is 0 Å². The summed E-state index contributed by atoms with van der Waals surface area (Å²) in [5.74, 6) is 0.241. The highest BCUT2D eigenvalue weighted by Crippen LogP contribution is 2.36. The Labute approximate surface area is 156 Å². The molecule has 0 spiro atoms. The molecular formula is C17H10ClF3N6. The van der Waals surface area contributed by atoms with Crippen molar-refractivity contribution in [3.63, 3.8) is 0 Å². The van der Waals surface area contributed by atoms with Crippen LogP contribution in [0.15, 0.2) is 48.7 Å². The number of para-hydroxylation sites is 1. The number of halogens is 4. The Morgan fingerprint density at radius 1 is 1.07 bits per heavy atom. The highest BCUT2D eigenvalue weighted by molar-refractivity contribution is 6.31. The normalized spacial score (nSPS) is 10.9. The third-order valence-corrected chi connectivity index (χ3v) is 3.73. The van der Waals surface area contributed by atoms with Crippen molar-refractivity contribution >= 4 is 34.7 Å². The molecule has 0 aliphatic rings. The van der Waals surface area contributed by atoms with Gasteiger partial charge in [-0.1, -0.05) is 23.7 Å². The van der Waals surface area contributed by atoms with Crippen LogP contribution < -0.4 is 10.6 Å². The minimum Gasteiger partial charge on any atom is -0.339 e. The van der Waals surface area contributed by atoms with Crippen LogP contribution in [0.5, 0.6) is 0 Å². The van der Waals surface area contributed by atoms with Gasteiger partial charge in [0.15, 0.2) is 5.82 Å². The number of rotatable bonds is 4. The third-order valence-electron chi connectivity index (χ3n) is 3.40. The van der Waals surface area contributed by atoms with Gasteiger partial charge in [0.05, 0.1) is 28.0 Å². The van der Waals surface area contributed by atoms with E-state index in [0.717, 1.165) is 12.1 Å². The average molecular weight is 391 g/mol. The standard InChI is InChI=1S/C17H10ClF3N6/c18-13-6-5-11(7-12(13)17(19,20)21)24-15-9-23-27-16(26-15)25-14-4-2-1-3-10(14)8-22/h1-7,9H,(H2,24,25,26,27). The van der Waals surface area contributed by atoms with Crippen LogP contribution in [0, 0.1) is 11.3 Å². The molecule has 1 aromatic heterocycles. The van der Waals surface area contributed by atoms with Crippen LogP contribution in [-0.2, 0) is 6.18 Å². The molecule has 0 atom stereocenters. The largest absolute Gasteiger partial charge is 0.417 e. The molecule has 0 saturated carbocycles. The number of nitriles is 1. The van der Waals surface area contributed by atoms with Crippen molar-refractivity contribution in [3.8, 4) is 6.07 Å². The van der Waals surface area contributed by atoms with E-state index in [1.807, 2.05) is 6.07 Å². The van der Waals surface area contributed by atoms with E-state index < -0.39 is 16.8 Å². The van der Waals surface area contributed by atoms with Crippen molar-refractivity contribution in [2.24, 2.45) is 0 Å². The van der Waals surface area contributed by atoms with Gasteiger partial charge in [0.1, 0.15) is 6.07 Å². The molecule has 0 fully saturated rings. The first-order chi connectivity index (χ1) is 12.9. The highest BCUT2D eigenvalue weighted by atomic mass is 35.5. The summed E-state index contributed by atoms with van der Waals surface area (Å²) in [5.41, 5.74) is 0.0323. The Hall–Kier alpha value is -3.38. The molecule has 3 rings (SSSR count). The van der Waals surface area contributed by atoms with Crippen molar-refractivity contribution in [1.82, 2.24) is 15.2 Å². The molecule has 0 bridgehead atoms. The number of anilines is 4. The van der Waals surface area contributed by atoms with Gasteiger partial charge in [0.25, 0.3) is 0 Å². The van der Waals surface area contributed by atoms with Crippen LogP contribution in [0.4, 0.5) is 36.3 Å². The number of hydrogen-bond donors (Lipinski definition) is 2. The minimum atomic E-state index is -4.58. The summed E-state index contributed by atoms with van der Waals surface area (Å²) < 4.78 is 38.9. The second-order valence-electron chi connectivity index (χ2n) is 5.26. The fraction of sp³-hybridized carbons (Fsp3) is 0.0588. The number of nitrogens with one attached hydrogen (secondary N) is 2. The summed E-state index contributed by atoms with van der Waals surface area (Å²) in [7, 11) is 0. The monoisotopic (exact) mass is 390 g/mol. The fourth-order valence-corrected chi connectivity index (χ4v) is 2.42. The Bertz CT molecular complexity index is 1020. The summed E-state index contributed by atoms with van der Waals surface area (Å²) in [4.78, 5) is 4.13. The maximum absolute atomic E-state index is 13.0. The molecule has 136 valence electrons. The Morgan fingerprint density at radius 3 is 2.59 bits per heavy atom. The molecule has 27 heavy (non-hydrogen) atoms. The zero-order valence-electron chi connectivity index (χ0n) is 13.4. The molecule has 3 aromatic rings. The number of nitrogens with zero attached hydrogens (tertiary/aromatic N) is 4. The Kier molecular flexibility index (Phi) is 5.09. The van der Waals surface area contributed by atoms with E-state index in [0.29, 0.717) is 11.3 Å². The van der Waals surface area contributed by atoms with E-state index in [4.69, 9.17) is 16.9 Å². The molecule has 0 aliphatic carbocycles. The molecule has 0 unspecified atom stereocenters. The Morgan fingerprint density at radius 2 is 1.85 bits per heavy atom. The van der Waals surface area contributed by atoms with Gasteiger partial charge < -0.3 is 10.6 Å². The van der Waals surface area contributed by atoms with Crippen molar-refractivity contribution in [3.05, 3.63) is 64.8 Å². The lowest BCUT2D eigenvalue weighted by Gasteiger charge is -2.12. The number of benzene rings is 2. The maximum Gasteiger partial charge on any atom is 0.417 e. The first-order valence-electron chi connectivity index (χ1n) is 7.46. The lowest BCUT2D eigenvalue weighted by molar-refractivity contribution is -0.137. The number of alkyl halides is 3. The molecule has 2 aromatic carbocycles. The van der Waals surface area contributed by atoms with E-state index in [9.17, 15) is 13.2 Å². The molecule has 0 saturated heterocycles. The van der Waals surface area contributed by atoms with E-state index in [1.165, 1.54) is 12.3 Å². The van der Waals surface area contributed by atoms with Gasteiger partial charge >= 0.3 is 6.18 Å². The molecule has 10 heteroatoms. The average Bonchev–Trinajstić information content (AvgIpc) is 2.63. The summed E-state index contributed by atoms with van der Waals surface area (Å²) in [6.45, 7) is 0. The van der Waals surface area contributed by atoms with Gasteiger partial charge in [-0.25, -0.2) is 0 Å². The van der Waals surface area contributed by atoms with E-state index in [2.05, 4.69) is 25.8 Å². The lowest BCUT2D eigenvalue weighted by Crippen LogP contribution is -2.07. The topological polar surface area (TPSA) is 86.5 Å². The van der Waals surface area contributed by atoms with Gasteiger partial charge in [-0.05, 0) is 30.3 Å². The molecule has 2 N–H and O–H groups in total. The van der Waals surface area contributed by atoms with Gasteiger partial charge in [0, 0.05) is 5.69 Å². The molecular weight excluding hydrogens is 381 g/mol. The summed E-state index contributed by atoms with van der Waals surface area (Å²) in [6, 6.07) is 12.1. The predicted molar refractivity (Wildman–Crippen MR) is 94.0 cm³/mol. The second kappa shape index (κ2) is 7.47. The van der Waals surface area contributed by atoms with Gasteiger partial charge in [-0.3, -0.25) is 0 Å². The minimum absolute atomic E-state index is 0.0766. The van der Waals surface area contributed by atoms with Crippen LogP contribution >= 0.6 is 11.6 Å². The van der Waals surface area contributed by atoms with Crippen LogP contribution in [0.3, 0.4) is 0 Å². The van der Waals surface area contributed by atoms with Gasteiger partial charge in [-0.2, -0.15) is 28.5 Å². The smallest absolute Gasteiger partial charge is 0.339 e. The second-order valence-corrected chi connectivity index (χ2v) is 5.67. The molecule has 0 radical (unpaired) electrons. The molecule has 1 heterocycles. The van der Waals surface area contributed by atoms with Crippen LogP contribution in [0.2, 0.25) is 5.02 Å². The van der Waals surface area contributed by atoms with Crippen LogP contribution in [-0.4, -0.2) is 15.2 Å². The molecule has 6 nitrogen and oxygen atoms in total. The summed E-state index contributed by atoms with van der Waals surface area (Å²) >= 11 is 5.61. The highest BCUT2D eigenvalue weighted by Gasteiger charge is 2.33. The van der Waals surface area contributed by atoms with Gasteiger partial charge in [0.2, 0.25) is 5.95 Å². The van der Waals surface area contributed by atoms with Crippen molar-refractivity contribution in [2.45, 2.75) is 6.18 Å². The van der Waals surface area contributed by atoms with Crippen LogP contribution in [0.1, 0.15) is 11.1 Å². The number of aromatic nitrogens is 3. The summed E-state index contributed by atoms with van der Waals surface area (Å²) in [6.07, 6.45) is -3.32. The quantitative estimate of drug-likeness (QED) is 0.658. The Balaban J connectivity index is 1.84. The SMILES string of the molecule is N#Cc1ccccc1Nc1nncc(Nc2ccc(Cl)c(C(F)(F)F)c2)n1. The van der Waals surface area contributed by atoms with Crippen molar-refractivity contribution < 1.29 is 13.2 Å². The van der Waals surface area contributed by atoms with E-state index in [1.54, 1.807) is 24.3 Å². The van der Waals surface area contributed by atoms with E-state index >= 15 is 0 Å². The first-order valence-corrected chi connectivity index (χ1v) is 7.84. The van der Waals surface area contributed by atoms with E-state index in [-0.39, 0.29) is 17.5 Å². The summed E-state index contributed by atoms with van der Waals surface area (Å²) in [5, 5.41) is 21.8. The van der Waals surface area contributed by atoms with Crippen molar-refractivity contribution in [1.29, 1.82) is 5.26 Å². The zero-order chi connectivity index (χ0) is 19.4. The molecule has 0 aliphatic heterocycles. The predicted octanol–water partition coefficient (Wildman–Crippen LogP) is 4.90. The zero-order valence-corrected chi connectivity index (χ0v) is 14.2. The lowest BCUT2D eigenvalue weighted by atomic mass is 10.2. The number of hydrogen-bond acceptors (Lipinski definition) is 6. The first kappa shape index (κ1) is 18.4. The van der Waals surface area contributed by atoms with Crippen molar-refractivity contribution in [2.75, 3.05) is 10.6 Å². The maximum atomic E-state index is 13.0.